The number of hydrogen-bond donors (Lipinski definition) is 1. The highest BCUT2D eigenvalue weighted by Gasteiger charge is 2.24. The standard InChI is InChI=1S/C17H19BrClF2NO/c1-5-22(4)9-12-6-7-14(21)15(16(12)18)17(23)13(11(3)19)8-10(2)20/h6-8,17,23H,2-3,5,9H2,1,4H3/b13-8+. The van der Waals surface area contributed by atoms with E-state index in [4.69, 9.17) is 11.6 Å². The lowest BCUT2D eigenvalue weighted by atomic mass is 9.98. The van der Waals surface area contributed by atoms with E-state index in [1.54, 1.807) is 6.07 Å². The molecular formula is C17H19BrClF2NO. The van der Waals surface area contributed by atoms with Crippen LogP contribution in [0.2, 0.25) is 0 Å². The number of nitrogens with zero attached hydrogens (tertiary/aromatic N) is 1. The van der Waals surface area contributed by atoms with Gasteiger partial charge >= 0.3 is 0 Å². The van der Waals surface area contributed by atoms with Gasteiger partial charge in [-0.25, -0.2) is 8.78 Å². The quantitative estimate of drug-likeness (QED) is 0.626. The molecule has 6 heteroatoms. The third kappa shape index (κ3) is 5.24. The van der Waals surface area contributed by atoms with E-state index in [-0.39, 0.29) is 16.2 Å². The summed E-state index contributed by atoms with van der Waals surface area (Å²) < 4.78 is 27.7. The predicted octanol–water partition coefficient (Wildman–Crippen LogP) is 5.24. The molecule has 0 spiro atoms. The molecule has 0 bridgehead atoms. The maximum Gasteiger partial charge on any atom is 0.130 e. The van der Waals surface area contributed by atoms with Gasteiger partial charge in [0.25, 0.3) is 0 Å². The lowest BCUT2D eigenvalue weighted by Gasteiger charge is -2.21. The molecule has 126 valence electrons. The van der Waals surface area contributed by atoms with Crippen LogP contribution in [-0.4, -0.2) is 23.6 Å². The molecule has 23 heavy (non-hydrogen) atoms. The van der Waals surface area contributed by atoms with Crippen molar-refractivity contribution in [2.24, 2.45) is 0 Å². The van der Waals surface area contributed by atoms with E-state index in [0.717, 1.165) is 18.2 Å². The van der Waals surface area contributed by atoms with Gasteiger partial charge in [-0.15, -0.1) is 0 Å². The third-order valence-corrected chi connectivity index (χ3v) is 4.53. The topological polar surface area (TPSA) is 23.5 Å². The van der Waals surface area contributed by atoms with Crippen LogP contribution in [0.4, 0.5) is 8.78 Å². The Kier molecular flexibility index (Phi) is 7.61. The summed E-state index contributed by atoms with van der Waals surface area (Å²) in [7, 11) is 1.92. The fraction of sp³-hybridized carbons (Fsp3) is 0.294. The number of aliphatic hydroxyl groups is 1. The van der Waals surface area contributed by atoms with E-state index in [0.29, 0.717) is 11.0 Å². The zero-order chi connectivity index (χ0) is 17.7. The highest BCUT2D eigenvalue weighted by molar-refractivity contribution is 9.10. The van der Waals surface area contributed by atoms with E-state index in [1.165, 1.54) is 6.07 Å². The van der Waals surface area contributed by atoms with Crippen molar-refractivity contribution in [1.29, 1.82) is 0 Å². The molecule has 1 rings (SSSR count). The smallest absolute Gasteiger partial charge is 0.130 e. The van der Waals surface area contributed by atoms with Crippen molar-refractivity contribution in [3.05, 3.63) is 69.2 Å². The molecule has 0 aliphatic rings. The second-order valence-corrected chi connectivity index (χ2v) is 6.37. The molecule has 0 aliphatic heterocycles. The van der Waals surface area contributed by atoms with Crippen molar-refractivity contribution in [1.82, 2.24) is 4.90 Å². The zero-order valence-electron chi connectivity index (χ0n) is 13.0. The second kappa shape index (κ2) is 8.73. The van der Waals surface area contributed by atoms with E-state index >= 15 is 0 Å². The minimum Gasteiger partial charge on any atom is -0.383 e. The highest BCUT2D eigenvalue weighted by Crippen LogP contribution is 2.37. The molecule has 1 atom stereocenters. The van der Waals surface area contributed by atoms with Crippen molar-refractivity contribution >= 4 is 27.5 Å². The lowest BCUT2D eigenvalue weighted by Crippen LogP contribution is -2.18. The molecular weight excluding hydrogens is 388 g/mol. The SMILES string of the molecule is C=C(F)/C=C(\C(=C)Cl)C(O)c1c(F)ccc(CN(C)CC)c1Br. The Morgan fingerprint density at radius 3 is 2.57 bits per heavy atom. The molecule has 0 amide bonds. The molecule has 0 aliphatic carbocycles. The average Bonchev–Trinajstić information content (AvgIpc) is 2.47. The Morgan fingerprint density at radius 1 is 1.48 bits per heavy atom. The summed E-state index contributed by atoms with van der Waals surface area (Å²) in [5.41, 5.74) is 0.740. The van der Waals surface area contributed by atoms with Gasteiger partial charge in [0.1, 0.15) is 17.7 Å². The normalized spacial score (nSPS) is 13.3. The van der Waals surface area contributed by atoms with E-state index in [1.807, 2.05) is 18.9 Å². The van der Waals surface area contributed by atoms with Gasteiger partial charge in [-0.1, -0.05) is 37.7 Å². The van der Waals surface area contributed by atoms with Gasteiger partial charge in [-0.05, 0) is 47.2 Å². The van der Waals surface area contributed by atoms with Crippen LogP contribution in [0.15, 0.2) is 52.3 Å². The molecule has 0 aromatic heterocycles. The average molecular weight is 407 g/mol. The molecule has 0 heterocycles. The van der Waals surface area contributed by atoms with Crippen LogP contribution in [0.1, 0.15) is 24.2 Å². The summed E-state index contributed by atoms with van der Waals surface area (Å²) in [6, 6.07) is 2.90. The molecule has 1 aromatic rings. The molecule has 0 fully saturated rings. The van der Waals surface area contributed by atoms with Crippen molar-refractivity contribution in [2.75, 3.05) is 13.6 Å². The van der Waals surface area contributed by atoms with Crippen molar-refractivity contribution in [2.45, 2.75) is 19.6 Å². The largest absolute Gasteiger partial charge is 0.383 e. The Hall–Kier alpha value is -1.01. The van der Waals surface area contributed by atoms with Gasteiger partial charge in [0.2, 0.25) is 0 Å². The number of allylic oxidation sites excluding steroid dienone is 2. The maximum absolute atomic E-state index is 14.2. The maximum atomic E-state index is 14.2. The molecule has 1 aromatic carbocycles. The molecule has 1 unspecified atom stereocenters. The molecule has 0 saturated carbocycles. The molecule has 1 N–H and O–H groups in total. The summed E-state index contributed by atoms with van der Waals surface area (Å²) in [6.45, 7) is 9.96. The van der Waals surface area contributed by atoms with E-state index < -0.39 is 17.7 Å². The van der Waals surface area contributed by atoms with Gasteiger partial charge in [0.15, 0.2) is 0 Å². The van der Waals surface area contributed by atoms with Crippen LogP contribution in [-0.2, 0) is 6.54 Å². The summed E-state index contributed by atoms with van der Waals surface area (Å²) in [5.74, 6) is -1.43. The number of hydrogen-bond acceptors (Lipinski definition) is 2. The van der Waals surface area contributed by atoms with Crippen LogP contribution in [0, 0.1) is 5.82 Å². The number of rotatable bonds is 7. The number of benzene rings is 1. The Balaban J connectivity index is 3.37. The minimum absolute atomic E-state index is 0.0127. The van der Waals surface area contributed by atoms with Gasteiger partial charge in [0, 0.05) is 27.2 Å². The number of halogens is 4. The van der Waals surface area contributed by atoms with Crippen molar-refractivity contribution in [3.63, 3.8) is 0 Å². The monoisotopic (exact) mass is 405 g/mol. The van der Waals surface area contributed by atoms with Gasteiger partial charge in [-0.2, -0.15) is 0 Å². The summed E-state index contributed by atoms with van der Waals surface area (Å²) >= 11 is 9.14. The summed E-state index contributed by atoms with van der Waals surface area (Å²) in [5, 5.41) is 10.4. The van der Waals surface area contributed by atoms with Gasteiger partial charge in [-0.3, -0.25) is 0 Å². The van der Waals surface area contributed by atoms with Crippen LogP contribution in [0.5, 0.6) is 0 Å². The molecule has 0 saturated heterocycles. The summed E-state index contributed by atoms with van der Waals surface area (Å²) in [6.07, 6.45) is -0.523. The Labute approximate surface area is 148 Å². The van der Waals surface area contributed by atoms with E-state index in [9.17, 15) is 13.9 Å². The molecule has 2 nitrogen and oxygen atoms in total. The third-order valence-electron chi connectivity index (χ3n) is 3.38. The van der Waals surface area contributed by atoms with Gasteiger partial charge < -0.3 is 10.0 Å². The predicted molar refractivity (Wildman–Crippen MR) is 94.4 cm³/mol. The second-order valence-electron chi connectivity index (χ2n) is 5.12. The van der Waals surface area contributed by atoms with Crippen LogP contribution >= 0.6 is 27.5 Å². The first-order valence-corrected chi connectivity index (χ1v) is 8.10. The Bertz CT molecular complexity index is 646. The van der Waals surface area contributed by atoms with Crippen LogP contribution in [0.25, 0.3) is 0 Å². The minimum atomic E-state index is -1.46. The van der Waals surface area contributed by atoms with Crippen LogP contribution in [0.3, 0.4) is 0 Å². The summed E-state index contributed by atoms with van der Waals surface area (Å²) in [4.78, 5) is 2.02. The number of aliphatic hydroxyl groups excluding tert-OH is 1. The fourth-order valence-corrected chi connectivity index (χ4v) is 2.84. The lowest BCUT2D eigenvalue weighted by molar-refractivity contribution is 0.212. The first-order chi connectivity index (χ1) is 10.7. The fourth-order valence-electron chi connectivity index (χ4n) is 2.02. The van der Waals surface area contributed by atoms with E-state index in [2.05, 4.69) is 29.1 Å². The molecule has 0 radical (unpaired) electrons. The first-order valence-electron chi connectivity index (χ1n) is 6.93. The Morgan fingerprint density at radius 2 is 2.09 bits per heavy atom. The van der Waals surface area contributed by atoms with Crippen LogP contribution < -0.4 is 0 Å². The zero-order valence-corrected chi connectivity index (χ0v) is 15.4. The van der Waals surface area contributed by atoms with Crippen molar-refractivity contribution < 1.29 is 13.9 Å². The highest BCUT2D eigenvalue weighted by atomic mass is 79.9. The first kappa shape index (κ1) is 20.0. The van der Waals surface area contributed by atoms with Gasteiger partial charge in [0.05, 0.1) is 0 Å². The van der Waals surface area contributed by atoms with Crippen molar-refractivity contribution in [3.8, 4) is 0 Å².